The summed E-state index contributed by atoms with van der Waals surface area (Å²) in [4.78, 5) is 11.0. The van der Waals surface area contributed by atoms with E-state index >= 15 is 0 Å². The number of nitrogens with one attached hydrogen (secondary N) is 1. The summed E-state index contributed by atoms with van der Waals surface area (Å²) in [6, 6.07) is 0. The Bertz CT molecular complexity index is 211. The van der Waals surface area contributed by atoms with Crippen molar-refractivity contribution in [3.63, 3.8) is 0 Å². The second kappa shape index (κ2) is 6.86. The molecule has 0 aromatic carbocycles. The van der Waals surface area contributed by atoms with Crippen molar-refractivity contribution in [3.8, 4) is 0 Å². The lowest BCUT2D eigenvalue weighted by Crippen LogP contribution is -2.44. The lowest BCUT2D eigenvalue weighted by Gasteiger charge is -2.27. The molecule has 94 valence electrons. The molecule has 4 nitrogen and oxygen atoms in total. The second-order valence-corrected chi connectivity index (χ2v) is 4.75. The first kappa shape index (κ1) is 13.5. The Hall–Kier alpha value is -0.610. The van der Waals surface area contributed by atoms with Crippen LogP contribution >= 0.6 is 0 Å². The second-order valence-electron chi connectivity index (χ2n) is 4.75. The summed E-state index contributed by atoms with van der Waals surface area (Å²) in [5.74, 6) is 0.0203. The van der Waals surface area contributed by atoms with Gasteiger partial charge in [-0.15, -0.1) is 0 Å². The highest BCUT2D eigenvalue weighted by Crippen LogP contribution is 2.25. The maximum Gasteiger partial charge on any atom is 0.222 e. The van der Waals surface area contributed by atoms with Gasteiger partial charge in [-0.05, 0) is 12.8 Å². The van der Waals surface area contributed by atoms with Crippen molar-refractivity contribution in [2.24, 2.45) is 5.73 Å². The van der Waals surface area contributed by atoms with E-state index in [0.717, 1.165) is 12.8 Å². The molecule has 1 saturated carbocycles. The van der Waals surface area contributed by atoms with E-state index in [9.17, 15) is 4.79 Å². The Balaban J connectivity index is 2.17. The minimum absolute atomic E-state index is 0.0203. The Morgan fingerprint density at radius 3 is 2.50 bits per heavy atom. The van der Waals surface area contributed by atoms with Crippen LogP contribution in [0.25, 0.3) is 0 Å². The highest BCUT2D eigenvalue weighted by atomic mass is 16.5. The number of hydrogen-bond acceptors (Lipinski definition) is 3. The first-order chi connectivity index (χ1) is 7.66. The number of nitrogens with two attached hydrogens (primary N) is 1. The van der Waals surface area contributed by atoms with Crippen LogP contribution in [0.15, 0.2) is 0 Å². The fourth-order valence-corrected chi connectivity index (χ4v) is 2.14. The van der Waals surface area contributed by atoms with Crippen LogP contribution in [0.2, 0.25) is 0 Å². The van der Waals surface area contributed by atoms with Crippen molar-refractivity contribution >= 4 is 5.91 Å². The molecule has 0 unspecified atom stereocenters. The maximum atomic E-state index is 11.0. The molecule has 0 bridgehead atoms. The molecule has 0 atom stereocenters. The average molecular weight is 228 g/mol. The fraction of sp³-hybridized carbons (Fsp3) is 0.917. The van der Waals surface area contributed by atoms with Gasteiger partial charge in [-0.25, -0.2) is 0 Å². The fourth-order valence-electron chi connectivity index (χ4n) is 2.14. The molecule has 0 aliphatic heterocycles. The minimum atomic E-state index is -0.154. The van der Waals surface area contributed by atoms with E-state index in [1.807, 2.05) is 0 Å². The van der Waals surface area contributed by atoms with Gasteiger partial charge in [-0.2, -0.15) is 0 Å². The lowest BCUT2D eigenvalue weighted by atomic mass is 9.93. The first-order valence-corrected chi connectivity index (χ1v) is 6.23. The van der Waals surface area contributed by atoms with Gasteiger partial charge >= 0.3 is 0 Å². The zero-order valence-corrected chi connectivity index (χ0v) is 10.3. The number of rotatable bonds is 5. The summed E-state index contributed by atoms with van der Waals surface area (Å²) in [6.45, 7) is 1.06. The van der Waals surface area contributed by atoms with Crippen molar-refractivity contribution in [1.82, 2.24) is 5.32 Å². The van der Waals surface area contributed by atoms with Gasteiger partial charge in [0.15, 0.2) is 0 Å². The number of amides is 1. The van der Waals surface area contributed by atoms with E-state index < -0.39 is 0 Å². The molecule has 0 spiro atoms. The van der Waals surface area contributed by atoms with Gasteiger partial charge < -0.3 is 15.8 Å². The summed E-state index contributed by atoms with van der Waals surface area (Å²) in [7, 11) is 1.64. The molecule has 0 saturated heterocycles. The molecule has 3 N–H and O–H groups in total. The van der Waals surface area contributed by atoms with Crippen molar-refractivity contribution < 1.29 is 9.53 Å². The molecule has 16 heavy (non-hydrogen) atoms. The first-order valence-electron chi connectivity index (χ1n) is 6.23. The Morgan fingerprint density at radius 2 is 1.94 bits per heavy atom. The Labute approximate surface area is 97.9 Å². The van der Waals surface area contributed by atoms with E-state index in [1.165, 1.54) is 25.7 Å². The van der Waals surface area contributed by atoms with E-state index in [0.29, 0.717) is 19.6 Å². The largest absolute Gasteiger partial charge is 0.379 e. The number of ether oxygens (including phenoxy) is 1. The Kier molecular flexibility index (Phi) is 5.77. The predicted octanol–water partition coefficient (Wildman–Crippen LogP) is 1.19. The van der Waals surface area contributed by atoms with Crippen LogP contribution in [0, 0.1) is 0 Å². The third kappa shape index (κ3) is 4.94. The molecule has 0 radical (unpaired) electrons. The zero-order valence-electron chi connectivity index (χ0n) is 10.3. The van der Waals surface area contributed by atoms with Gasteiger partial charge in [0.1, 0.15) is 0 Å². The standard InChI is InChI=1S/C12H24N2O2/c1-14-11(15)6-9-16-10-12(13)7-4-2-3-5-8-12/h2-10,13H2,1H3,(H,14,15). The van der Waals surface area contributed by atoms with Crippen molar-refractivity contribution in [1.29, 1.82) is 0 Å². The summed E-state index contributed by atoms with van der Waals surface area (Å²) in [6.07, 6.45) is 7.51. The van der Waals surface area contributed by atoms with Crippen LogP contribution in [0.4, 0.5) is 0 Å². The molecular weight excluding hydrogens is 204 g/mol. The maximum absolute atomic E-state index is 11.0. The zero-order chi connectivity index (χ0) is 11.9. The molecule has 0 heterocycles. The highest BCUT2D eigenvalue weighted by molar-refractivity contribution is 5.75. The number of hydrogen-bond donors (Lipinski definition) is 2. The van der Waals surface area contributed by atoms with E-state index in [-0.39, 0.29) is 11.4 Å². The minimum Gasteiger partial charge on any atom is -0.379 e. The predicted molar refractivity (Wildman–Crippen MR) is 64.1 cm³/mol. The molecule has 0 aromatic heterocycles. The molecule has 1 rings (SSSR count). The smallest absolute Gasteiger partial charge is 0.222 e. The summed E-state index contributed by atoms with van der Waals surface area (Å²) >= 11 is 0. The molecule has 1 amide bonds. The van der Waals surface area contributed by atoms with E-state index in [2.05, 4.69) is 5.32 Å². The van der Waals surface area contributed by atoms with Gasteiger partial charge in [0.25, 0.3) is 0 Å². The quantitative estimate of drug-likeness (QED) is 0.549. The van der Waals surface area contributed by atoms with Gasteiger partial charge in [-0.1, -0.05) is 25.7 Å². The molecule has 1 fully saturated rings. The molecule has 0 aromatic rings. The highest BCUT2D eigenvalue weighted by Gasteiger charge is 2.26. The summed E-state index contributed by atoms with van der Waals surface area (Å²) in [5.41, 5.74) is 6.13. The number of carbonyl (C=O) groups is 1. The third-order valence-electron chi connectivity index (χ3n) is 3.24. The van der Waals surface area contributed by atoms with Crippen molar-refractivity contribution in [2.75, 3.05) is 20.3 Å². The van der Waals surface area contributed by atoms with Crippen molar-refractivity contribution in [2.45, 2.75) is 50.5 Å². The van der Waals surface area contributed by atoms with Gasteiger partial charge in [-0.3, -0.25) is 4.79 Å². The molecule has 1 aliphatic carbocycles. The van der Waals surface area contributed by atoms with Crippen molar-refractivity contribution in [3.05, 3.63) is 0 Å². The van der Waals surface area contributed by atoms with Crippen LogP contribution in [-0.4, -0.2) is 31.7 Å². The van der Waals surface area contributed by atoms with Crippen LogP contribution in [-0.2, 0) is 9.53 Å². The van der Waals surface area contributed by atoms with Gasteiger partial charge in [0.2, 0.25) is 5.91 Å². The number of carbonyl (C=O) groups excluding carboxylic acids is 1. The Morgan fingerprint density at radius 1 is 1.31 bits per heavy atom. The summed E-state index contributed by atoms with van der Waals surface area (Å²) in [5, 5.41) is 2.57. The third-order valence-corrected chi connectivity index (χ3v) is 3.24. The molecule has 1 aliphatic rings. The van der Waals surface area contributed by atoms with E-state index in [4.69, 9.17) is 10.5 Å². The monoisotopic (exact) mass is 228 g/mol. The SMILES string of the molecule is CNC(=O)CCOCC1(N)CCCCCC1. The van der Waals surface area contributed by atoms with Gasteiger partial charge in [0.05, 0.1) is 13.2 Å². The van der Waals surface area contributed by atoms with E-state index in [1.54, 1.807) is 7.05 Å². The lowest BCUT2D eigenvalue weighted by molar-refractivity contribution is -0.121. The normalized spacial score (nSPS) is 20.1. The van der Waals surface area contributed by atoms with Crippen LogP contribution in [0.1, 0.15) is 44.9 Å². The molecule has 4 heteroatoms. The summed E-state index contributed by atoms with van der Waals surface area (Å²) < 4.78 is 5.52. The average Bonchev–Trinajstić information content (AvgIpc) is 2.50. The van der Waals surface area contributed by atoms with Gasteiger partial charge in [0, 0.05) is 19.0 Å². The van der Waals surface area contributed by atoms with Crippen LogP contribution < -0.4 is 11.1 Å². The molecular formula is C12H24N2O2. The van der Waals surface area contributed by atoms with Crippen LogP contribution in [0.3, 0.4) is 0 Å². The van der Waals surface area contributed by atoms with Crippen LogP contribution in [0.5, 0.6) is 0 Å². The topological polar surface area (TPSA) is 64.3 Å².